The van der Waals surface area contributed by atoms with Gasteiger partial charge < -0.3 is 25.0 Å². The van der Waals surface area contributed by atoms with Crippen LogP contribution in [0.5, 0.6) is 5.75 Å². The molecule has 8 rings (SSSR count). The quantitative estimate of drug-likeness (QED) is 0.136. The molecule has 0 radical (unpaired) electrons. The van der Waals surface area contributed by atoms with Crippen molar-refractivity contribution in [1.29, 1.82) is 0 Å². The van der Waals surface area contributed by atoms with Crippen molar-refractivity contribution in [3.8, 4) is 5.75 Å². The molecule has 2 aromatic carbocycles. The molecule has 2 aromatic heterocycles. The van der Waals surface area contributed by atoms with E-state index in [0.29, 0.717) is 53.7 Å². The Kier molecular flexibility index (Phi) is 12.8. The van der Waals surface area contributed by atoms with Crippen LogP contribution in [-0.4, -0.2) is 99.3 Å². The minimum Gasteiger partial charge on any atom is -0.492 e. The highest BCUT2D eigenvalue weighted by atomic mass is 19.4. The lowest BCUT2D eigenvalue weighted by Gasteiger charge is -2.46. The van der Waals surface area contributed by atoms with E-state index in [1.54, 1.807) is 44.2 Å². The second-order valence-electron chi connectivity index (χ2n) is 18.5. The number of piperidine rings is 2. The van der Waals surface area contributed by atoms with Gasteiger partial charge in [0.25, 0.3) is 11.8 Å². The third-order valence-electron chi connectivity index (χ3n) is 13.8. The maximum atomic E-state index is 13.8. The number of rotatable bonds is 11. The van der Waals surface area contributed by atoms with Gasteiger partial charge in [-0.1, -0.05) is 6.07 Å². The SMILES string of the molecule is CCOc1ccc(C(=O)N2CCC3(CCC(CCN4CCC(n5cc6cc(NC(=O)c7cccc(C(F)(F)F)n7)c(C(C)(C)O)cc6n5)CC4)CC3)CC2)cc1N1CCC(=O)NC1=O. The van der Waals surface area contributed by atoms with Crippen LogP contribution in [0.1, 0.15) is 123 Å². The zero-order valence-electron chi connectivity index (χ0n) is 36.7. The Hall–Kier alpha value is -5.55. The van der Waals surface area contributed by atoms with E-state index in [2.05, 4.69) is 20.5 Å². The molecule has 3 N–H and O–H groups in total. The number of urea groups is 1. The van der Waals surface area contributed by atoms with Crippen molar-refractivity contribution < 1.29 is 42.2 Å². The predicted molar refractivity (Wildman–Crippen MR) is 234 cm³/mol. The van der Waals surface area contributed by atoms with Crippen molar-refractivity contribution in [3.63, 3.8) is 0 Å². The van der Waals surface area contributed by atoms with E-state index >= 15 is 0 Å². The number of imide groups is 1. The second-order valence-corrected chi connectivity index (χ2v) is 18.5. The average Bonchev–Trinajstić information content (AvgIpc) is 3.69. The van der Waals surface area contributed by atoms with Gasteiger partial charge in [-0.25, -0.2) is 9.78 Å². The molecule has 0 atom stereocenters. The summed E-state index contributed by atoms with van der Waals surface area (Å²) in [5, 5.41) is 21.6. The van der Waals surface area contributed by atoms with Crippen LogP contribution in [-0.2, 0) is 16.6 Å². The number of aliphatic hydroxyl groups is 1. The molecule has 342 valence electrons. The molecule has 5 heterocycles. The number of ether oxygens (including phenoxy) is 1. The van der Waals surface area contributed by atoms with Crippen LogP contribution in [0.3, 0.4) is 0 Å². The van der Waals surface area contributed by atoms with Crippen molar-refractivity contribution in [2.24, 2.45) is 11.3 Å². The molecule has 64 heavy (non-hydrogen) atoms. The highest BCUT2D eigenvalue weighted by Gasteiger charge is 2.40. The first kappa shape index (κ1) is 45.0. The first-order chi connectivity index (χ1) is 30.5. The fraction of sp³-hybridized carbons (Fsp3) is 0.532. The number of carbonyl (C=O) groups is 4. The number of nitrogens with one attached hydrogen (secondary N) is 2. The largest absolute Gasteiger partial charge is 0.492 e. The Morgan fingerprint density at radius 1 is 0.953 bits per heavy atom. The first-order valence-electron chi connectivity index (χ1n) is 22.5. The number of nitrogens with zero attached hydrogens (tertiary/aromatic N) is 6. The van der Waals surface area contributed by atoms with Gasteiger partial charge in [-0.3, -0.25) is 29.3 Å². The van der Waals surface area contributed by atoms with Gasteiger partial charge >= 0.3 is 12.2 Å². The molecule has 14 nitrogen and oxygen atoms in total. The number of benzene rings is 2. The lowest BCUT2D eigenvalue weighted by Crippen LogP contribution is -2.49. The Morgan fingerprint density at radius 2 is 1.69 bits per heavy atom. The normalized spacial score (nSPS) is 19.3. The van der Waals surface area contributed by atoms with Crippen LogP contribution in [0.4, 0.5) is 29.3 Å². The molecule has 3 saturated heterocycles. The van der Waals surface area contributed by atoms with Crippen molar-refractivity contribution in [3.05, 3.63) is 77.2 Å². The summed E-state index contributed by atoms with van der Waals surface area (Å²) in [5.41, 5.74) is -0.363. The molecular formula is C47H57F3N8O6. The molecular weight excluding hydrogens is 830 g/mol. The lowest BCUT2D eigenvalue weighted by atomic mass is 9.65. The fourth-order valence-electron chi connectivity index (χ4n) is 9.94. The summed E-state index contributed by atoms with van der Waals surface area (Å²) in [6, 6.07) is 11.5. The third-order valence-corrected chi connectivity index (χ3v) is 13.8. The highest BCUT2D eigenvalue weighted by Crippen LogP contribution is 2.47. The van der Waals surface area contributed by atoms with Crippen molar-refractivity contribution in [2.45, 2.75) is 103 Å². The van der Waals surface area contributed by atoms with Crippen molar-refractivity contribution in [1.82, 2.24) is 29.9 Å². The number of pyridine rings is 1. The van der Waals surface area contributed by atoms with E-state index in [-0.39, 0.29) is 47.6 Å². The monoisotopic (exact) mass is 886 g/mol. The Morgan fingerprint density at radius 3 is 2.36 bits per heavy atom. The van der Waals surface area contributed by atoms with Crippen LogP contribution in [0.25, 0.3) is 10.9 Å². The molecule has 1 aliphatic carbocycles. The van der Waals surface area contributed by atoms with Gasteiger partial charge in [0.15, 0.2) is 0 Å². The molecule has 1 saturated carbocycles. The number of anilines is 2. The number of alkyl halides is 3. The molecule has 1 spiro atoms. The molecule has 0 bridgehead atoms. The van der Waals surface area contributed by atoms with E-state index < -0.39 is 29.4 Å². The van der Waals surface area contributed by atoms with Gasteiger partial charge in [0.2, 0.25) is 5.91 Å². The molecule has 4 aliphatic rings. The van der Waals surface area contributed by atoms with E-state index in [4.69, 9.17) is 9.84 Å². The molecule has 17 heteroatoms. The van der Waals surface area contributed by atoms with Gasteiger partial charge in [0, 0.05) is 67.5 Å². The van der Waals surface area contributed by atoms with E-state index in [1.165, 1.54) is 36.6 Å². The number of likely N-dealkylation sites (tertiary alicyclic amines) is 2. The third kappa shape index (κ3) is 9.89. The number of halogens is 3. The molecule has 4 aromatic rings. The van der Waals surface area contributed by atoms with Crippen LogP contribution < -0.4 is 20.3 Å². The number of carbonyl (C=O) groups excluding carboxylic acids is 4. The fourth-order valence-corrected chi connectivity index (χ4v) is 9.94. The number of hydrogen-bond donors (Lipinski definition) is 3. The van der Waals surface area contributed by atoms with Gasteiger partial charge in [0.1, 0.15) is 17.1 Å². The summed E-state index contributed by atoms with van der Waals surface area (Å²) in [5.74, 6) is -0.0213. The number of fused-ring (bicyclic) bond motifs is 1. The van der Waals surface area contributed by atoms with Crippen molar-refractivity contribution >= 4 is 46.0 Å². The summed E-state index contributed by atoms with van der Waals surface area (Å²) >= 11 is 0. The van der Waals surface area contributed by atoms with Crippen molar-refractivity contribution in [2.75, 3.05) is 56.1 Å². The molecule has 0 unspecified atom stereocenters. The van der Waals surface area contributed by atoms with Gasteiger partial charge in [-0.2, -0.15) is 18.3 Å². The Balaban J connectivity index is 0.807. The van der Waals surface area contributed by atoms with Crippen LogP contribution >= 0.6 is 0 Å². The summed E-state index contributed by atoms with van der Waals surface area (Å²) in [7, 11) is 0. The molecule has 3 aliphatic heterocycles. The van der Waals surface area contributed by atoms with Gasteiger partial charge in [-0.15, -0.1) is 0 Å². The van der Waals surface area contributed by atoms with E-state index in [0.717, 1.165) is 69.3 Å². The zero-order valence-corrected chi connectivity index (χ0v) is 36.7. The molecule has 4 fully saturated rings. The Labute approximate surface area is 370 Å². The van der Waals surface area contributed by atoms with Gasteiger partial charge in [-0.05, 0) is 139 Å². The maximum absolute atomic E-state index is 13.8. The topological polar surface area (TPSA) is 162 Å². The first-order valence-corrected chi connectivity index (χ1v) is 22.5. The minimum atomic E-state index is -4.69. The lowest BCUT2D eigenvalue weighted by molar-refractivity contribution is -0.141. The number of aromatic nitrogens is 3. The number of hydrogen-bond acceptors (Lipinski definition) is 9. The van der Waals surface area contributed by atoms with Crippen LogP contribution in [0, 0.1) is 11.3 Å². The molecule has 5 amide bonds. The predicted octanol–water partition coefficient (Wildman–Crippen LogP) is 7.91. The van der Waals surface area contributed by atoms with E-state index in [9.17, 15) is 37.5 Å². The standard InChI is InChI=1S/C47H57F3N8O6/c1-4-64-39-9-8-31(27-38(39)57-23-15-41(59)53-44(57)62)43(61)56-24-18-46(19-25-56)16-10-30(11-17-46)12-20-55-21-13-33(14-22-55)58-29-32-26-37(34(45(2,3)63)28-36(32)54-58)52-42(60)35-6-5-7-40(51-35)47(48,49)50/h5-9,26-30,33,63H,4,10-25H2,1-3H3,(H,52,60)(H,53,59,62). The van der Waals surface area contributed by atoms with Crippen LogP contribution in [0.2, 0.25) is 0 Å². The maximum Gasteiger partial charge on any atom is 0.433 e. The average molecular weight is 887 g/mol. The van der Waals surface area contributed by atoms with Crippen LogP contribution in [0.15, 0.2) is 54.7 Å². The summed E-state index contributed by atoms with van der Waals surface area (Å²) in [6.07, 6.45) is 7.11. The number of amides is 5. The zero-order chi connectivity index (χ0) is 45.4. The second kappa shape index (κ2) is 18.1. The minimum absolute atomic E-state index is 0.0570. The van der Waals surface area contributed by atoms with Gasteiger partial charge in [0.05, 0.1) is 29.5 Å². The summed E-state index contributed by atoms with van der Waals surface area (Å²) in [4.78, 5) is 60.7. The Bertz CT molecular complexity index is 2390. The summed E-state index contributed by atoms with van der Waals surface area (Å²) in [6.45, 7) is 9.97. The highest BCUT2D eigenvalue weighted by molar-refractivity contribution is 6.07. The van der Waals surface area contributed by atoms with E-state index in [1.807, 2.05) is 22.7 Å². The summed E-state index contributed by atoms with van der Waals surface area (Å²) < 4.78 is 47.6. The smallest absolute Gasteiger partial charge is 0.433 e.